The Labute approximate surface area is 91.9 Å². The standard InChI is InChI=1S/C12H21N3/c1-4-12(3,5-2)15-9-14-8-11(15)10-6-13-7-10/h8-10,13H,4-7H2,1-3H3. The zero-order valence-corrected chi connectivity index (χ0v) is 9.95. The van der Waals surface area contributed by atoms with Gasteiger partial charge in [-0.25, -0.2) is 4.98 Å². The summed E-state index contributed by atoms with van der Waals surface area (Å²) in [5.41, 5.74) is 1.64. The number of aromatic nitrogens is 2. The topological polar surface area (TPSA) is 29.9 Å². The SMILES string of the molecule is CCC(C)(CC)n1cncc1C1CNC1. The Bertz CT molecular complexity index is 321. The summed E-state index contributed by atoms with van der Waals surface area (Å²) in [7, 11) is 0. The van der Waals surface area contributed by atoms with Crippen LogP contribution in [0.15, 0.2) is 12.5 Å². The molecule has 1 aliphatic heterocycles. The predicted octanol–water partition coefficient (Wildman–Crippen LogP) is 2.11. The highest BCUT2D eigenvalue weighted by atomic mass is 15.1. The Balaban J connectivity index is 2.30. The monoisotopic (exact) mass is 207 g/mol. The van der Waals surface area contributed by atoms with Gasteiger partial charge in [-0.2, -0.15) is 0 Å². The first kappa shape index (κ1) is 10.7. The van der Waals surface area contributed by atoms with E-state index < -0.39 is 0 Å². The van der Waals surface area contributed by atoms with E-state index in [1.807, 2.05) is 12.5 Å². The van der Waals surface area contributed by atoms with Gasteiger partial charge in [0.15, 0.2) is 0 Å². The molecule has 1 aromatic rings. The number of hydrogen-bond donors (Lipinski definition) is 1. The van der Waals surface area contributed by atoms with Crippen molar-refractivity contribution in [1.82, 2.24) is 14.9 Å². The molecule has 2 heterocycles. The Morgan fingerprint density at radius 1 is 1.47 bits per heavy atom. The van der Waals surface area contributed by atoms with E-state index in [0.29, 0.717) is 5.92 Å². The van der Waals surface area contributed by atoms with Gasteiger partial charge in [0, 0.05) is 36.4 Å². The molecule has 0 unspecified atom stereocenters. The lowest BCUT2D eigenvalue weighted by molar-refractivity contribution is 0.272. The van der Waals surface area contributed by atoms with E-state index in [4.69, 9.17) is 0 Å². The first-order chi connectivity index (χ1) is 7.21. The summed E-state index contributed by atoms with van der Waals surface area (Å²) in [5.74, 6) is 0.671. The largest absolute Gasteiger partial charge is 0.328 e. The van der Waals surface area contributed by atoms with Gasteiger partial charge in [0.2, 0.25) is 0 Å². The normalized spacial score (nSPS) is 17.8. The molecule has 3 heteroatoms. The van der Waals surface area contributed by atoms with Crippen molar-refractivity contribution in [3.05, 3.63) is 18.2 Å². The maximum absolute atomic E-state index is 4.32. The van der Waals surface area contributed by atoms with E-state index >= 15 is 0 Å². The minimum Gasteiger partial charge on any atom is -0.328 e. The molecule has 0 spiro atoms. The number of nitrogens with one attached hydrogen (secondary N) is 1. The van der Waals surface area contributed by atoms with Crippen LogP contribution in [0.3, 0.4) is 0 Å². The number of hydrogen-bond acceptors (Lipinski definition) is 2. The van der Waals surface area contributed by atoms with Crippen molar-refractivity contribution >= 4 is 0 Å². The third kappa shape index (κ3) is 1.69. The van der Waals surface area contributed by atoms with Gasteiger partial charge in [-0.1, -0.05) is 13.8 Å². The maximum atomic E-state index is 4.32. The second-order valence-electron chi connectivity index (χ2n) is 4.75. The van der Waals surface area contributed by atoms with Crippen molar-refractivity contribution in [2.45, 2.75) is 45.1 Å². The molecule has 3 nitrogen and oxygen atoms in total. The van der Waals surface area contributed by atoms with Crippen LogP contribution in [0.2, 0.25) is 0 Å². The van der Waals surface area contributed by atoms with Crippen LogP contribution >= 0.6 is 0 Å². The van der Waals surface area contributed by atoms with Gasteiger partial charge in [0.05, 0.1) is 6.33 Å². The van der Waals surface area contributed by atoms with Crippen LogP contribution in [0.25, 0.3) is 0 Å². The minimum atomic E-state index is 0.238. The second-order valence-corrected chi connectivity index (χ2v) is 4.75. The molecule has 1 aromatic heterocycles. The van der Waals surface area contributed by atoms with Gasteiger partial charge in [-0.15, -0.1) is 0 Å². The molecule has 15 heavy (non-hydrogen) atoms. The average molecular weight is 207 g/mol. The summed E-state index contributed by atoms with van der Waals surface area (Å²) in [5, 5.41) is 3.32. The first-order valence-corrected chi connectivity index (χ1v) is 5.94. The van der Waals surface area contributed by atoms with Crippen LogP contribution in [0, 0.1) is 0 Å². The van der Waals surface area contributed by atoms with E-state index in [1.54, 1.807) is 0 Å². The van der Waals surface area contributed by atoms with E-state index in [1.165, 1.54) is 5.69 Å². The molecular weight excluding hydrogens is 186 g/mol. The molecule has 0 bridgehead atoms. The van der Waals surface area contributed by atoms with Crippen LogP contribution in [0.1, 0.15) is 45.2 Å². The summed E-state index contributed by atoms with van der Waals surface area (Å²) in [6.45, 7) is 9.05. The second kappa shape index (κ2) is 3.97. The molecular formula is C12H21N3. The highest BCUT2D eigenvalue weighted by Crippen LogP contribution is 2.30. The Morgan fingerprint density at radius 2 is 2.13 bits per heavy atom. The molecule has 2 rings (SSSR count). The molecule has 84 valence electrons. The molecule has 1 fully saturated rings. The summed E-state index contributed by atoms with van der Waals surface area (Å²) in [6.07, 6.45) is 6.36. The van der Waals surface area contributed by atoms with Crippen molar-refractivity contribution in [3.8, 4) is 0 Å². The number of nitrogens with zero attached hydrogens (tertiary/aromatic N) is 2. The summed E-state index contributed by atoms with van der Waals surface area (Å²) in [6, 6.07) is 0. The Hall–Kier alpha value is -0.830. The summed E-state index contributed by atoms with van der Waals surface area (Å²) >= 11 is 0. The quantitative estimate of drug-likeness (QED) is 0.819. The molecule has 0 amide bonds. The zero-order chi connectivity index (χ0) is 10.9. The highest BCUT2D eigenvalue weighted by molar-refractivity contribution is 5.14. The number of imidazole rings is 1. The minimum absolute atomic E-state index is 0.238. The lowest BCUT2D eigenvalue weighted by Crippen LogP contribution is -2.42. The molecule has 1 aliphatic rings. The lowest BCUT2D eigenvalue weighted by atomic mass is 9.92. The van der Waals surface area contributed by atoms with Crippen LogP contribution < -0.4 is 5.32 Å². The zero-order valence-electron chi connectivity index (χ0n) is 9.95. The van der Waals surface area contributed by atoms with Gasteiger partial charge >= 0.3 is 0 Å². The van der Waals surface area contributed by atoms with Crippen molar-refractivity contribution < 1.29 is 0 Å². The summed E-state index contributed by atoms with van der Waals surface area (Å²) < 4.78 is 2.39. The van der Waals surface area contributed by atoms with Gasteiger partial charge in [0.1, 0.15) is 0 Å². The van der Waals surface area contributed by atoms with E-state index in [0.717, 1.165) is 25.9 Å². The molecule has 0 saturated carbocycles. The van der Waals surface area contributed by atoms with Crippen LogP contribution in [-0.2, 0) is 5.54 Å². The third-order valence-electron chi connectivity index (χ3n) is 3.97. The van der Waals surface area contributed by atoms with Crippen LogP contribution in [0.5, 0.6) is 0 Å². The van der Waals surface area contributed by atoms with Crippen molar-refractivity contribution in [2.75, 3.05) is 13.1 Å². The van der Waals surface area contributed by atoms with Crippen molar-refractivity contribution in [3.63, 3.8) is 0 Å². The van der Waals surface area contributed by atoms with Gasteiger partial charge < -0.3 is 9.88 Å². The highest BCUT2D eigenvalue weighted by Gasteiger charge is 2.29. The van der Waals surface area contributed by atoms with Gasteiger partial charge in [0.25, 0.3) is 0 Å². The van der Waals surface area contributed by atoms with E-state index in [9.17, 15) is 0 Å². The van der Waals surface area contributed by atoms with Gasteiger partial charge in [-0.3, -0.25) is 0 Å². The number of rotatable bonds is 4. The molecule has 1 N–H and O–H groups in total. The maximum Gasteiger partial charge on any atom is 0.0953 e. The molecule has 0 atom stereocenters. The Kier molecular flexibility index (Phi) is 2.83. The van der Waals surface area contributed by atoms with Crippen molar-refractivity contribution in [2.24, 2.45) is 0 Å². The van der Waals surface area contributed by atoms with Crippen molar-refractivity contribution in [1.29, 1.82) is 0 Å². The fraction of sp³-hybridized carbons (Fsp3) is 0.750. The van der Waals surface area contributed by atoms with E-state index in [2.05, 4.69) is 35.6 Å². The van der Waals surface area contributed by atoms with Gasteiger partial charge in [-0.05, 0) is 19.8 Å². The fourth-order valence-electron chi connectivity index (χ4n) is 2.15. The smallest absolute Gasteiger partial charge is 0.0953 e. The molecule has 0 aliphatic carbocycles. The van der Waals surface area contributed by atoms with E-state index in [-0.39, 0.29) is 5.54 Å². The molecule has 1 saturated heterocycles. The van der Waals surface area contributed by atoms with Crippen LogP contribution in [0.4, 0.5) is 0 Å². The predicted molar refractivity (Wildman–Crippen MR) is 62.1 cm³/mol. The molecule has 0 radical (unpaired) electrons. The first-order valence-electron chi connectivity index (χ1n) is 5.94. The van der Waals surface area contributed by atoms with Crippen LogP contribution in [-0.4, -0.2) is 22.6 Å². The average Bonchev–Trinajstić information content (AvgIpc) is 2.63. The molecule has 0 aromatic carbocycles. The Morgan fingerprint density at radius 3 is 2.60 bits per heavy atom. The summed E-state index contributed by atoms with van der Waals surface area (Å²) in [4.78, 5) is 4.32. The third-order valence-corrected chi connectivity index (χ3v) is 3.97. The lowest BCUT2D eigenvalue weighted by Gasteiger charge is -2.35. The fourth-order valence-corrected chi connectivity index (χ4v) is 2.15.